The summed E-state index contributed by atoms with van der Waals surface area (Å²) in [6.07, 6.45) is 8.33. The lowest BCUT2D eigenvalue weighted by molar-refractivity contribution is -0.276. The van der Waals surface area contributed by atoms with Gasteiger partial charge in [0.15, 0.2) is 0 Å². The van der Waals surface area contributed by atoms with E-state index in [1.54, 1.807) is 32.1 Å². The van der Waals surface area contributed by atoms with E-state index in [4.69, 9.17) is 0 Å². The van der Waals surface area contributed by atoms with E-state index in [2.05, 4.69) is 0 Å². The average Bonchev–Trinajstić information content (AvgIpc) is 2.32. The fourth-order valence-corrected chi connectivity index (χ4v) is 6.59. The van der Waals surface area contributed by atoms with Crippen LogP contribution in [-0.4, -0.2) is 0 Å². The second kappa shape index (κ2) is 1.31. The summed E-state index contributed by atoms with van der Waals surface area (Å²) in [5.74, 6) is 7.43. The molecule has 0 heterocycles. The van der Waals surface area contributed by atoms with Gasteiger partial charge in [0.25, 0.3) is 0 Å². The Hall–Kier alpha value is 0. The highest BCUT2D eigenvalue weighted by molar-refractivity contribution is 5.26. The Labute approximate surface area is 73.7 Å². The first-order chi connectivity index (χ1) is 5.88. The van der Waals surface area contributed by atoms with Crippen molar-refractivity contribution in [3.05, 3.63) is 0 Å². The van der Waals surface area contributed by atoms with E-state index in [9.17, 15) is 0 Å². The highest BCUT2D eigenvalue weighted by Gasteiger charge is 2.78. The van der Waals surface area contributed by atoms with Gasteiger partial charge in [-0.3, -0.25) is 0 Å². The Kier molecular flexibility index (Phi) is 0.618. The van der Waals surface area contributed by atoms with E-state index in [1.165, 1.54) is 35.5 Å². The van der Waals surface area contributed by atoms with Gasteiger partial charge in [0, 0.05) is 0 Å². The molecule has 0 N–H and O–H groups in total. The van der Waals surface area contributed by atoms with Crippen molar-refractivity contribution in [3.8, 4) is 0 Å². The second-order valence-corrected chi connectivity index (χ2v) is 6.42. The summed E-state index contributed by atoms with van der Waals surface area (Å²) in [5, 5.41) is 0. The fourth-order valence-electron chi connectivity index (χ4n) is 6.59. The standard InChI is InChI=1S/C12H16/c1-7-4-12-5-8(1)11(12)9-2-6(7)3-10(9)12/h6-11H,1-5H2. The van der Waals surface area contributed by atoms with Gasteiger partial charge in [-0.1, -0.05) is 0 Å². The Balaban J connectivity index is 1.80. The molecule has 0 aliphatic heterocycles. The zero-order valence-corrected chi connectivity index (χ0v) is 7.50. The third-order valence-corrected chi connectivity index (χ3v) is 6.58. The highest BCUT2D eigenvalue weighted by atomic mass is 14.8. The first kappa shape index (κ1) is 5.67. The molecule has 7 unspecified atom stereocenters. The van der Waals surface area contributed by atoms with Crippen LogP contribution >= 0.6 is 0 Å². The van der Waals surface area contributed by atoms with Crippen molar-refractivity contribution in [3.63, 3.8) is 0 Å². The molecule has 1 spiro atoms. The van der Waals surface area contributed by atoms with Crippen LogP contribution in [0.1, 0.15) is 32.1 Å². The molecule has 64 valence electrons. The first-order valence-electron chi connectivity index (χ1n) is 5.88. The molecular weight excluding hydrogens is 144 g/mol. The zero-order chi connectivity index (χ0) is 7.50. The van der Waals surface area contributed by atoms with E-state index in [-0.39, 0.29) is 0 Å². The van der Waals surface area contributed by atoms with Crippen LogP contribution < -0.4 is 0 Å². The van der Waals surface area contributed by atoms with Crippen molar-refractivity contribution < 1.29 is 0 Å². The molecular formula is C12H16. The Morgan fingerprint density at radius 3 is 2.75 bits per heavy atom. The van der Waals surface area contributed by atoms with Crippen molar-refractivity contribution in [1.29, 1.82) is 0 Å². The van der Waals surface area contributed by atoms with Crippen molar-refractivity contribution in [2.24, 2.45) is 40.9 Å². The third-order valence-electron chi connectivity index (χ3n) is 6.58. The van der Waals surface area contributed by atoms with Crippen LogP contribution in [0.4, 0.5) is 0 Å². The molecule has 0 aromatic rings. The van der Waals surface area contributed by atoms with Crippen LogP contribution in [0.5, 0.6) is 0 Å². The molecule has 0 saturated heterocycles. The molecule has 0 amide bonds. The molecule has 6 rings (SSSR count). The predicted octanol–water partition coefficient (Wildman–Crippen LogP) is 2.69. The monoisotopic (exact) mass is 160 g/mol. The average molecular weight is 160 g/mol. The number of hydrogen-bond donors (Lipinski definition) is 0. The second-order valence-electron chi connectivity index (χ2n) is 6.42. The van der Waals surface area contributed by atoms with Crippen LogP contribution in [0.2, 0.25) is 0 Å². The van der Waals surface area contributed by atoms with Crippen LogP contribution in [0.25, 0.3) is 0 Å². The maximum atomic E-state index is 1.68. The molecule has 0 radical (unpaired) electrons. The number of fused-ring (bicyclic) bond motifs is 1. The van der Waals surface area contributed by atoms with E-state index in [1.807, 2.05) is 0 Å². The van der Waals surface area contributed by atoms with Gasteiger partial charge >= 0.3 is 0 Å². The fraction of sp³-hybridized carbons (Fsp3) is 1.00. The normalized spacial score (nSPS) is 80.0. The van der Waals surface area contributed by atoms with E-state index in [0.717, 1.165) is 5.41 Å². The molecule has 7 atom stereocenters. The van der Waals surface area contributed by atoms with Crippen molar-refractivity contribution in [1.82, 2.24) is 0 Å². The Bertz CT molecular complexity index is 280. The topological polar surface area (TPSA) is 0 Å². The van der Waals surface area contributed by atoms with Gasteiger partial charge in [-0.2, -0.15) is 0 Å². The maximum Gasteiger partial charge on any atom is -0.0227 e. The lowest BCUT2D eigenvalue weighted by atomic mass is 9.29. The molecule has 0 heteroatoms. The van der Waals surface area contributed by atoms with Gasteiger partial charge in [0.1, 0.15) is 0 Å². The van der Waals surface area contributed by atoms with Crippen molar-refractivity contribution in [2.75, 3.05) is 0 Å². The molecule has 6 fully saturated rings. The van der Waals surface area contributed by atoms with Crippen LogP contribution in [0, 0.1) is 40.9 Å². The zero-order valence-electron chi connectivity index (χ0n) is 7.50. The Morgan fingerprint density at radius 2 is 1.75 bits per heavy atom. The summed E-state index contributed by atoms with van der Waals surface area (Å²) in [6, 6.07) is 0. The highest BCUT2D eigenvalue weighted by Crippen LogP contribution is 2.85. The SMILES string of the molecule is C1C2CC34CC1C3C1CC2CC14. The molecule has 0 aromatic carbocycles. The van der Waals surface area contributed by atoms with E-state index >= 15 is 0 Å². The number of rotatable bonds is 0. The molecule has 6 aliphatic carbocycles. The summed E-state index contributed by atoms with van der Waals surface area (Å²) in [6.45, 7) is 0. The van der Waals surface area contributed by atoms with E-state index in [0.29, 0.717) is 0 Å². The summed E-state index contributed by atoms with van der Waals surface area (Å²) in [4.78, 5) is 0. The summed E-state index contributed by atoms with van der Waals surface area (Å²) >= 11 is 0. The smallest absolute Gasteiger partial charge is 0.0227 e. The van der Waals surface area contributed by atoms with E-state index < -0.39 is 0 Å². The van der Waals surface area contributed by atoms with Gasteiger partial charge in [0.2, 0.25) is 0 Å². The van der Waals surface area contributed by atoms with Gasteiger partial charge in [-0.05, 0) is 73.0 Å². The minimum atomic E-state index is 0.991. The minimum absolute atomic E-state index is 0.991. The molecule has 0 nitrogen and oxygen atoms in total. The third kappa shape index (κ3) is 0.324. The van der Waals surface area contributed by atoms with Gasteiger partial charge < -0.3 is 0 Å². The van der Waals surface area contributed by atoms with Crippen molar-refractivity contribution in [2.45, 2.75) is 32.1 Å². The molecule has 6 aliphatic rings. The van der Waals surface area contributed by atoms with Crippen molar-refractivity contribution >= 4 is 0 Å². The minimum Gasteiger partial charge on any atom is -0.0470 e. The molecule has 5 bridgehead atoms. The molecule has 0 aromatic heterocycles. The number of hydrogen-bond acceptors (Lipinski definition) is 0. The maximum absolute atomic E-state index is 1.68. The van der Waals surface area contributed by atoms with Gasteiger partial charge in [-0.25, -0.2) is 0 Å². The van der Waals surface area contributed by atoms with Crippen LogP contribution in [0.3, 0.4) is 0 Å². The predicted molar refractivity (Wildman–Crippen MR) is 46.5 cm³/mol. The van der Waals surface area contributed by atoms with Crippen LogP contribution in [-0.2, 0) is 0 Å². The Morgan fingerprint density at radius 1 is 0.833 bits per heavy atom. The summed E-state index contributed by atoms with van der Waals surface area (Å²) in [5.41, 5.74) is 0.991. The van der Waals surface area contributed by atoms with Crippen LogP contribution in [0.15, 0.2) is 0 Å². The lowest BCUT2D eigenvalue weighted by Crippen LogP contribution is -2.69. The quantitative estimate of drug-likeness (QED) is 0.511. The first-order valence-corrected chi connectivity index (χ1v) is 5.88. The lowest BCUT2D eigenvalue weighted by Gasteiger charge is -2.76. The van der Waals surface area contributed by atoms with Gasteiger partial charge in [-0.15, -0.1) is 0 Å². The van der Waals surface area contributed by atoms with Gasteiger partial charge in [0.05, 0.1) is 0 Å². The molecule has 12 heavy (non-hydrogen) atoms. The molecule has 6 saturated carbocycles. The largest absolute Gasteiger partial charge is 0.0470 e. The summed E-state index contributed by atoms with van der Waals surface area (Å²) < 4.78 is 0. The summed E-state index contributed by atoms with van der Waals surface area (Å²) in [7, 11) is 0.